The zero-order valence-corrected chi connectivity index (χ0v) is 12.5. The number of carbonyl (C=O) groups is 2. The fourth-order valence-corrected chi connectivity index (χ4v) is 3.36. The Labute approximate surface area is 126 Å². The number of primary amides is 1. The summed E-state index contributed by atoms with van der Waals surface area (Å²) < 4.78 is 6.33. The van der Waals surface area contributed by atoms with Crippen LogP contribution in [0.2, 0.25) is 0 Å². The highest BCUT2D eigenvalue weighted by Crippen LogP contribution is 2.39. The third-order valence-corrected chi connectivity index (χ3v) is 4.47. The molecule has 3 rings (SSSR count). The number of benzene rings is 1. The second kappa shape index (κ2) is 5.37. The summed E-state index contributed by atoms with van der Waals surface area (Å²) in [4.78, 5) is 23.6. The molecule has 1 saturated carbocycles. The number of carbonyl (C=O) groups excluding carboxylic acids is 2. The molecule has 2 amide bonds. The van der Waals surface area contributed by atoms with Crippen LogP contribution in [0, 0.1) is 5.92 Å². The molecule has 1 heterocycles. The summed E-state index contributed by atoms with van der Waals surface area (Å²) in [6.45, 7) is 2.49. The summed E-state index contributed by atoms with van der Waals surface area (Å²) in [6, 6.07) is 5.48. The molecular formula is C15H16N2O3S. The van der Waals surface area contributed by atoms with Crippen LogP contribution in [0.4, 0.5) is 5.00 Å². The Hall–Kier alpha value is -2.08. The second-order valence-electron chi connectivity index (χ2n) is 5.02. The predicted octanol–water partition coefficient (Wildman–Crippen LogP) is 2.75. The first-order valence-corrected chi connectivity index (χ1v) is 7.71. The molecule has 0 saturated heterocycles. The molecule has 2 aromatic rings. The van der Waals surface area contributed by atoms with E-state index in [0.717, 1.165) is 28.7 Å². The van der Waals surface area contributed by atoms with Crippen molar-refractivity contribution in [2.75, 3.05) is 11.9 Å². The van der Waals surface area contributed by atoms with Gasteiger partial charge in [-0.1, -0.05) is 0 Å². The van der Waals surface area contributed by atoms with Crippen molar-refractivity contribution >= 4 is 38.2 Å². The van der Waals surface area contributed by atoms with Gasteiger partial charge in [0, 0.05) is 16.0 Å². The van der Waals surface area contributed by atoms with Crippen molar-refractivity contribution in [3.8, 4) is 5.75 Å². The van der Waals surface area contributed by atoms with Gasteiger partial charge in [0.25, 0.3) is 5.91 Å². The average Bonchev–Trinajstić information content (AvgIpc) is 3.21. The van der Waals surface area contributed by atoms with Gasteiger partial charge in [0.1, 0.15) is 10.8 Å². The Morgan fingerprint density at radius 1 is 1.43 bits per heavy atom. The molecule has 0 unspecified atom stereocenters. The van der Waals surface area contributed by atoms with Crippen LogP contribution in [0.5, 0.6) is 5.75 Å². The number of amides is 2. The quantitative estimate of drug-likeness (QED) is 0.891. The second-order valence-corrected chi connectivity index (χ2v) is 6.08. The maximum absolute atomic E-state index is 11.9. The largest absolute Gasteiger partial charge is 0.494 e. The molecule has 1 fully saturated rings. The third-order valence-electron chi connectivity index (χ3n) is 3.40. The summed E-state index contributed by atoms with van der Waals surface area (Å²) in [5.74, 6) is 0.253. The molecule has 5 nitrogen and oxygen atoms in total. The third kappa shape index (κ3) is 2.71. The predicted molar refractivity (Wildman–Crippen MR) is 82.9 cm³/mol. The van der Waals surface area contributed by atoms with E-state index < -0.39 is 5.91 Å². The minimum atomic E-state index is -0.531. The molecule has 1 aromatic carbocycles. The van der Waals surface area contributed by atoms with Gasteiger partial charge < -0.3 is 15.8 Å². The van der Waals surface area contributed by atoms with Gasteiger partial charge in [0.2, 0.25) is 5.91 Å². The summed E-state index contributed by atoms with van der Waals surface area (Å²) in [6.07, 6.45) is 1.83. The number of thiophene rings is 1. The first kappa shape index (κ1) is 13.9. The van der Waals surface area contributed by atoms with Crippen LogP contribution in [0.15, 0.2) is 18.2 Å². The Bertz CT molecular complexity index is 719. The highest BCUT2D eigenvalue weighted by Gasteiger charge is 2.31. The lowest BCUT2D eigenvalue weighted by atomic mass is 10.1. The van der Waals surface area contributed by atoms with Gasteiger partial charge in [-0.3, -0.25) is 9.59 Å². The Morgan fingerprint density at radius 3 is 2.81 bits per heavy atom. The maximum Gasteiger partial charge on any atom is 0.252 e. The van der Waals surface area contributed by atoms with Crippen LogP contribution >= 0.6 is 11.3 Å². The monoisotopic (exact) mass is 304 g/mol. The topological polar surface area (TPSA) is 81.4 Å². The van der Waals surface area contributed by atoms with Gasteiger partial charge in [-0.15, -0.1) is 11.3 Å². The highest BCUT2D eigenvalue weighted by molar-refractivity contribution is 7.23. The molecule has 0 bridgehead atoms. The Kier molecular flexibility index (Phi) is 3.55. The van der Waals surface area contributed by atoms with E-state index in [1.165, 1.54) is 11.3 Å². The van der Waals surface area contributed by atoms with E-state index in [1.807, 2.05) is 19.1 Å². The fourth-order valence-electron chi connectivity index (χ4n) is 2.23. The smallest absolute Gasteiger partial charge is 0.252 e. The SMILES string of the molecule is CCOc1ccc2c(C(N)=O)c(NC(=O)C3CC3)sc2c1. The van der Waals surface area contributed by atoms with Gasteiger partial charge in [-0.05, 0) is 38.0 Å². The van der Waals surface area contributed by atoms with Crippen LogP contribution in [-0.2, 0) is 4.79 Å². The van der Waals surface area contributed by atoms with Gasteiger partial charge >= 0.3 is 0 Å². The van der Waals surface area contributed by atoms with Crippen molar-refractivity contribution in [3.05, 3.63) is 23.8 Å². The summed E-state index contributed by atoms with van der Waals surface area (Å²) in [5.41, 5.74) is 5.86. The van der Waals surface area contributed by atoms with E-state index in [0.29, 0.717) is 17.2 Å². The Morgan fingerprint density at radius 2 is 2.19 bits per heavy atom. The minimum Gasteiger partial charge on any atom is -0.494 e. The number of ether oxygens (including phenoxy) is 1. The zero-order valence-electron chi connectivity index (χ0n) is 11.6. The van der Waals surface area contributed by atoms with Crippen molar-refractivity contribution in [2.45, 2.75) is 19.8 Å². The normalized spacial score (nSPS) is 14.1. The van der Waals surface area contributed by atoms with Crippen LogP contribution in [0.25, 0.3) is 10.1 Å². The molecule has 1 aliphatic carbocycles. The number of anilines is 1. The number of nitrogens with two attached hydrogens (primary N) is 1. The number of nitrogens with one attached hydrogen (secondary N) is 1. The van der Waals surface area contributed by atoms with Crippen LogP contribution < -0.4 is 15.8 Å². The van der Waals surface area contributed by atoms with Crippen LogP contribution in [0.1, 0.15) is 30.1 Å². The van der Waals surface area contributed by atoms with E-state index in [4.69, 9.17) is 10.5 Å². The standard InChI is InChI=1S/C15H16N2O3S/c1-2-20-9-5-6-10-11(7-9)21-15(12(10)13(16)18)17-14(19)8-3-4-8/h5-8H,2-4H2,1H3,(H2,16,18)(H,17,19). The van der Waals surface area contributed by atoms with Crippen molar-refractivity contribution in [2.24, 2.45) is 11.7 Å². The van der Waals surface area contributed by atoms with Crippen molar-refractivity contribution in [3.63, 3.8) is 0 Å². The van der Waals surface area contributed by atoms with E-state index in [2.05, 4.69) is 5.32 Å². The molecule has 1 aliphatic rings. The van der Waals surface area contributed by atoms with Gasteiger partial charge in [-0.25, -0.2) is 0 Å². The first-order valence-electron chi connectivity index (χ1n) is 6.90. The van der Waals surface area contributed by atoms with Crippen molar-refractivity contribution in [1.29, 1.82) is 0 Å². The molecule has 1 aromatic heterocycles. The molecule has 0 atom stereocenters. The molecule has 3 N–H and O–H groups in total. The zero-order chi connectivity index (χ0) is 15.0. The Balaban J connectivity index is 2.02. The van der Waals surface area contributed by atoms with E-state index in [1.54, 1.807) is 6.07 Å². The molecular weight excluding hydrogens is 288 g/mol. The number of hydrogen-bond acceptors (Lipinski definition) is 4. The maximum atomic E-state index is 11.9. The van der Waals surface area contributed by atoms with E-state index in [9.17, 15) is 9.59 Å². The van der Waals surface area contributed by atoms with E-state index >= 15 is 0 Å². The van der Waals surface area contributed by atoms with Gasteiger partial charge in [0.05, 0.1) is 12.2 Å². The first-order chi connectivity index (χ1) is 10.1. The molecule has 0 aliphatic heterocycles. The van der Waals surface area contributed by atoms with E-state index in [-0.39, 0.29) is 11.8 Å². The minimum absolute atomic E-state index is 0.0333. The lowest BCUT2D eigenvalue weighted by Crippen LogP contribution is -2.17. The van der Waals surface area contributed by atoms with Gasteiger partial charge in [0.15, 0.2) is 0 Å². The summed E-state index contributed by atoms with van der Waals surface area (Å²) in [7, 11) is 0. The number of fused-ring (bicyclic) bond motifs is 1. The summed E-state index contributed by atoms with van der Waals surface area (Å²) in [5, 5.41) is 4.12. The fraction of sp³-hybridized carbons (Fsp3) is 0.333. The molecule has 0 radical (unpaired) electrons. The molecule has 110 valence electrons. The summed E-state index contributed by atoms with van der Waals surface area (Å²) >= 11 is 1.35. The molecule has 0 spiro atoms. The van der Waals surface area contributed by atoms with Crippen LogP contribution in [0.3, 0.4) is 0 Å². The van der Waals surface area contributed by atoms with Crippen molar-refractivity contribution in [1.82, 2.24) is 0 Å². The van der Waals surface area contributed by atoms with Gasteiger partial charge in [-0.2, -0.15) is 0 Å². The average molecular weight is 304 g/mol. The molecule has 6 heteroatoms. The highest BCUT2D eigenvalue weighted by atomic mass is 32.1. The van der Waals surface area contributed by atoms with Crippen LogP contribution in [-0.4, -0.2) is 18.4 Å². The van der Waals surface area contributed by atoms with Crippen molar-refractivity contribution < 1.29 is 14.3 Å². The number of hydrogen-bond donors (Lipinski definition) is 2. The lowest BCUT2D eigenvalue weighted by molar-refractivity contribution is -0.117. The molecule has 21 heavy (non-hydrogen) atoms. The lowest BCUT2D eigenvalue weighted by Gasteiger charge is -2.03. The number of rotatable bonds is 5.